The molecular formula is C21H25N5. The van der Waals surface area contributed by atoms with Crippen LogP contribution in [-0.4, -0.2) is 9.97 Å². The molecule has 0 fully saturated rings. The van der Waals surface area contributed by atoms with Crippen molar-refractivity contribution in [3.8, 4) is 0 Å². The minimum Gasteiger partial charge on any atom is -0.393 e. The number of aromatic nitrogens is 2. The quantitative estimate of drug-likeness (QED) is 0.585. The number of hydrogen-bond donors (Lipinski definition) is 3. The van der Waals surface area contributed by atoms with Crippen molar-refractivity contribution in [2.45, 2.75) is 33.6 Å². The molecule has 3 rings (SSSR count). The van der Waals surface area contributed by atoms with Crippen LogP contribution in [0.4, 0.5) is 28.7 Å². The van der Waals surface area contributed by atoms with E-state index in [-0.39, 0.29) is 0 Å². The number of anilines is 5. The highest BCUT2D eigenvalue weighted by Gasteiger charge is 2.09. The highest BCUT2D eigenvalue weighted by atomic mass is 15.1. The lowest BCUT2D eigenvalue weighted by Crippen LogP contribution is -2.05. The Kier molecular flexibility index (Phi) is 5.07. The summed E-state index contributed by atoms with van der Waals surface area (Å²) in [5.41, 5.74) is 12.3. The van der Waals surface area contributed by atoms with E-state index >= 15 is 0 Å². The zero-order chi connectivity index (χ0) is 18.7. The minimum absolute atomic E-state index is 0.486. The molecule has 1 heterocycles. The standard InChI is InChI=1S/C21H25N5/c1-13(2)16-5-7-17(8-6-16)25-20-19(22)21(24-12-23-20)26-18-10-14(3)9-15(4)11-18/h5-13H,22H2,1-4H3,(H2,23,24,25,26). The fourth-order valence-electron chi connectivity index (χ4n) is 2.87. The van der Waals surface area contributed by atoms with Crippen LogP contribution in [0.15, 0.2) is 48.8 Å². The molecule has 0 saturated carbocycles. The van der Waals surface area contributed by atoms with Gasteiger partial charge in [0.2, 0.25) is 0 Å². The van der Waals surface area contributed by atoms with Crippen LogP contribution in [0.5, 0.6) is 0 Å². The van der Waals surface area contributed by atoms with E-state index in [0.717, 1.165) is 11.4 Å². The number of nitrogen functional groups attached to an aromatic ring is 1. The van der Waals surface area contributed by atoms with Crippen LogP contribution in [0.2, 0.25) is 0 Å². The molecule has 0 radical (unpaired) electrons. The summed E-state index contributed by atoms with van der Waals surface area (Å²) in [6.07, 6.45) is 1.51. The third-order valence-corrected chi connectivity index (χ3v) is 4.21. The van der Waals surface area contributed by atoms with Gasteiger partial charge in [0.25, 0.3) is 0 Å². The molecule has 2 aromatic carbocycles. The molecule has 0 bridgehead atoms. The first kappa shape index (κ1) is 17.7. The predicted molar refractivity (Wildman–Crippen MR) is 109 cm³/mol. The van der Waals surface area contributed by atoms with E-state index in [1.54, 1.807) is 0 Å². The second-order valence-electron chi connectivity index (χ2n) is 6.89. The topological polar surface area (TPSA) is 75.9 Å². The van der Waals surface area contributed by atoms with E-state index in [1.807, 2.05) is 12.1 Å². The zero-order valence-corrected chi connectivity index (χ0v) is 15.7. The maximum atomic E-state index is 6.28. The number of hydrogen-bond acceptors (Lipinski definition) is 5. The van der Waals surface area contributed by atoms with E-state index in [4.69, 9.17) is 5.73 Å². The third kappa shape index (κ3) is 4.11. The van der Waals surface area contributed by atoms with E-state index in [0.29, 0.717) is 23.2 Å². The Balaban J connectivity index is 1.82. The lowest BCUT2D eigenvalue weighted by molar-refractivity contribution is 0.867. The van der Waals surface area contributed by atoms with Crippen LogP contribution < -0.4 is 16.4 Å². The Morgan fingerprint density at radius 1 is 0.808 bits per heavy atom. The average Bonchev–Trinajstić information content (AvgIpc) is 2.58. The molecule has 0 spiro atoms. The van der Waals surface area contributed by atoms with Gasteiger partial charge in [0.15, 0.2) is 11.6 Å². The number of nitrogens with two attached hydrogens (primary N) is 1. The van der Waals surface area contributed by atoms with Gasteiger partial charge in [-0.1, -0.05) is 32.0 Å². The monoisotopic (exact) mass is 347 g/mol. The average molecular weight is 347 g/mol. The second kappa shape index (κ2) is 7.44. The van der Waals surface area contributed by atoms with E-state index in [9.17, 15) is 0 Å². The lowest BCUT2D eigenvalue weighted by atomic mass is 10.0. The van der Waals surface area contributed by atoms with Crippen LogP contribution in [0.3, 0.4) is 0 Å². The second-order valence-corrected chi connectivity index (χ2v) is 6.89. The predicted octanol–water partition coefficient (Wildman–Crippen LogP) is 5.29. The van der Waals surface area contributed by atoms with Crippen molar-refractivity contribution in [1.29, 1.82) is 0 Å². The summed E-state index contributed by atoms with van der Waals surface area (Å²) in [5, 5.41) is 6.56. The molecule has 0 aliphatic carbocycles. The summed E-state index contributed by atoms with van der Waals surface area (Å²) >= 11 is 0. The molecule has 5 nitrogen and oxygen atoms in total. The highest BCUT2D eigenvalue weighted by molar-refractivity contribution is 5.80. The summed E-state index contributed by atoms with van der Waals surface area (Å²) in [7, 11) is 0. The highest BCUT2D eigenvalue weighted by Crippen LogP contribution is 2.29. The number of benzene rings is 2. The molecule has 5 heteroatoms. The minimum atomic E-state index is 0.486. The largest absolute Gasteiger partial charge is 0.393 e. The number of nitrogens with one attached hydrogen (secondary N) is 2. The van der Waals surface area contributed by atoms with Crippen molar-refractivity contribution in [2.75, 3.05) is 16.4 Å². The molecule has 1 aromatic heterocycles. The summed E-state index contributed by atoms with van der Waals surface area (Å²) in [6.45, 7) is 8.48. The number of aryl methyl sites for hydroxylation is 2. The normalized spacial score (nSPS) is 10.8. The molecule has 0 amide bonds. The van der Waals surface area contributed by atoms with Crippen LogP contribution in [0, 0.1) is 13.8 Å². The Morgan fingerprint density at radius 3 is 1.88 bits per heavy atom. The van der Waals surface area contributed by atoms with Gasteiger partial charge in [-0.15, -0.1) is 0 Å². The first-order valence-electron chi connectivity index (χ1n) is 8.75. The van der Waals surface area contributed by atoms with E-state index in [2.05, 4.69) is 78.6 Å². The van der Waals surface area contributed by atoms with Crippen molar-refractivity contribution in [3.05, 3.63) is 65.5 Å². The van der Waals surface area contributed by atoms with Crippen LogP contribution in [0.1, 0.15) is 36.5 Å². The first-order chi connectivity index (χ1) is 12.4. The molecule has 0 aliphatic heterocycles. The van der Waals surface area contributed by atoms with E-state index in [1.165, 1.54) is 23.0 Å². The van der Waals surface area contributed by atoms with E-state index < -0.39 is 0 Å². The molecular weight excluding hydrogens is 322 g/mol. The number of rotatable bonds is 5. The molecule has 0 saturated heterocycles. The van der Waals surface area contributed by atoms with Gasteiger partial charge in [-0.3, -0.25) is 0 Å². The van der Waals surface area contributed by atoms with Crippen molar-refractivity contribution in [2.24, 2.45) is 0 Å². The van der Waals surface area contributed by atoms with Crippen molar-refractivity contribution < 1.29 is 0 Å². The summed E-state index contributed by atoms with van der Waals surface area (Å²) in [5.74, 6) is 1.68. The fourth-order valence-corrected chi connectivity index (χ4v) is 2.87. The molecule has 0 atom stereocenters. The van der Waals surface area contributed by atoms with Crippen LogP contribution >= 0.6 is 0 Å². The van der Waals surface area contributed by atoms with Crippen LogP contribution in [-0.2, 0) is 0 Å². The fraction of sp³-hybridized carbons (Fsp3) is 0.238. The summed E-state index contributed by atoms with van der Waals surface area (Å²) in [4.78, 5) is 8.57. The molecule has 26 heavy (non-hydrogen) atoms. The van der Waals surface area contributed by atoms with Crippen LogP contribution in [0.25, 0.3) is 0 Å². The van der Waals surface area contributed by atoms with Crippen molar-refractivity contribution in [3.63, 3.8) is 0 Å². The van der Waals surface area contributed by atoms with Gasteiger partial charge in [-0.25, -0.2) is 9.97 Å². The maximum absolute atomic E-state index is 6.28. The SMILES string of the molecule is Cc1cc(C)cc(Nc2ncnc(Nc3ccc(C(C)C)cc3)c2N)c1. The molecule has 3 aromatic rings. The van der Waals surface area contributed by atoms with Gasteiger partial charge >= 0.3 is 0 Å². The van der Waals surface area contributed by atoms with Gasteiger partial charge in [-0.05, 0) is 60.7 Å². The summed E-state index contributed by atoms with van der Waals surface area (Å²) in [6, 6.07) is 14.5. The Morgan fingerprint density at radius 2 is 1.35 bits per heavy atom. The van der Waals surface area contributed by atoms with Gasteiger partial charge in [-0.2, -0.15) is 0 Å². The van der Waals surface area contributed by atoms with Gasteiger partial charge in [0, 0.05) is 11.4 Å². The van der Waals surface area contributed by atoms with Gasteiger partial charge < -0.3 is 16.4 Å². The summed E-state index contributed by atoms with van der Waals surface area (Å²) < 4.78 is 0. The van der Waals surface area contributed by atoms with Gasteiger partial charge in [0.05, 0.1) is 0 Å². The molecule has 0 unspecified atom stereocenters. The zero-order valence-electron chi connectivity index (χ0n) is 15.7. The van der Waals surface area contributed by atoms with Crippen molar-refractivity contribution >= 4 is 28.7 Å². The maximum Gasteiger partial charge on any atom is 0.159 e. The third-order valence-electron chi connectivity index (χ3n) is 4.21. The number of nitrogens with zero attached hydrogens (tertiary/aromatic N) is 2. The lowest BCUT2D eigenvalue weighted by Gasteiger charge is -2.14. The molecule has 4 N–H and O–H groups in total. The first-order valence-corrected chi connectivity index (χ1v) is 8.75. The Labute approximate surface area is 154 Å². The molecule has 134 valence electrons. The van der Waals surface area contributed by atoms with Crippen molar-refractivity contribution in [1.82, 2.24) is 9.97 Å². The Bertz CT molecular complexity index is 881. The van der Waals surface area contributed by atoms with Gasteiger partial charge in [0.1, 0.15) is 12.0 Å². The Hall–Kier alpha value is -3.08. The molecule has 0 aliphatic rings. The smallest absolute Gasteiger partial charge is 0.159 e.